The van der Waals surface area contributed by atoms with E-state index < -0.39 is 0 Å². The zero-order chi connectivity index (χ0) is 21.0. The summed E-state index contributed by atoms with van der Waals surface area (Å²) in [6.07, 6.45) is 9.95. The SMILES string of the molecule is O=C(C1CCCCC1)N1CCC(NCc2ccc(-n3cnc4ccccc43)cc2)CC1. The first-order valence-corrected chi connectivity index (χ1v) is 11.8. The zero-order valence-corrected chi connectivity index (χ0v) is 18.2. The monoisotopic (exact) mass is 416 g/mol. The van der Waals surface area contributed by atoms with Gasteiger partial charge in [0.2, 0.25) is 5.91 Å². The lowest BCUT2D eigenvalue weighted by atomic mass is 9.87. The van der Waals surface area contributed by atoms with E-state index in [9.17, 15) is 4.79 Å². The van der Waals surface area contributed by atoms with E-state index in [0.717, 1.165) is 62.0 Å². The van der Waals surface area contributed by atoms with Crippen molar-refractivity contribution in [2.45, 2.75) is 57.5 Å². The molecule has 0 bridgehead atoms. The minimum Gasteiger partial charge on any atom is -0.342 e. The van der Waals surface area contributed by atoms with Crippen LogP contribution in [0.4, 0.5) is 0 Å². The molecule has 1 aliphatic carbocycles. The third-order valence-electron chi connectivity index (χ3n) is 7.02. The van der Waals surface area contributed by atoms with Gasteiger partial charge in [-0.2, -0.15) is 0 Å². The number of amides is 1. The molecule has 31 heavy (non-hydrogen) atoms. The Labute approximate surface area is 184 Å². The van der Waals surface area contributed by atoms with Crippen LogP contribution >= 0.6 is 0 Å². The maximum Gasteiger partial charge on any atom is 0.225 e. The number of hydrogen-bond acceptors (Lipinski definition) is 3. The summed E-state index contributed by atoms with van der Waals surface area (Å²) in [5, 5.41) is 3.70. The van der Waals surface area contributed by atoms with Crippen LogP contribution in [0, 0.1) is 5.92 Å². The van der Waals surface area contributed by atoms with Crippen molar-refractivity contribution >= 4 is 16.9 Å². The van der Waals surface area contributed by atoms with Gasteiger partial charge in [-0.05, 0) is 55.5 Å². The van der Waals surface area contributed by atoms with Gasteiger partial charge in [0.05, 0.1) is 11.0 Å². The number of benzene rings is 2. The van der Waals surface area contributed by atoms with E-state index in [4.69, 9.17) is 0 Å². The van der Waals surface area contributed by atoms with Gasteiger partial charge in [0.25, 0.3) is 0 Å². The first kappa shape index (κ1) is 20.3. The molecule has 2 aromatic carbocycles. The van der Waals surface area contributed by atoms with Gasteiger partial charge in [-0.25, -0.2) is 4.98 Å². The first-order chi connectivity index (χ1) is 15.3. The highest BCUT2D eigenvalue weighted by molar-refractivity contribution is 5.79. The molecule has 3 aromatic rings. The van der Waals surface area contributed by atoms with E-state index in [-0.39, 0.29) is 0 Å². The van der Waals surface area contributed by atoms with Crippen LogP contribution in [0.25, 0.3) is 16.7 Å². The Morgan fingerprint density at radius 1 is 0.935 bits per heavy atom. The van der Waals surface area contributed by atoms with E-state index in [0.29, 0.717) is 17.9 Å². The van der Waals surface area contributed by atoms with Gasteiger partial charge in [-0.1, -0.05) is 43.5 Å². The fourth-order valence-corrected chi connectivity index (χ4v) is 5.11. The topological polar surface area (TPSA) is 50.2 Å². The number of aromatic nitrogens is 2. The second kappa shape index (κ2) is 9.23. The molecule has 2 aliphatic rings. The standard InChI is InChI=1S/C26H32N4O/c31-26(21-6-2-1-3-7-21)29-16-14-22(15-17-29)27-18-20-10-12-23(13-11-20)30-19-28-24-8-4-5-9-25(24)30/h4-5,8-13,19,21-22,27H,1-3,6-7,14-18H2. The highest BCUT2D eigenvalue weighted by Gasteiger charge is 2.28. The average Bonchev–Trinajstić information content (AvgIpc) is 3.28. The Morgan fingerprint density at radius 3 is 2.45 bits per heavy atom. The van der Waals surface area contributed by atoms with Crippen molar-refractivity contribution in [1.82, 2.24) is 19.8 Å². The molecule has 1 saturated carbocycles. The van der Waals surface area contributed by atoms with Gasteiger partial charge in [0, 0.05) is 37.3 Å². The van der Waals surface area contributed by atoms with E-state index in [1.54, 1.807) is 0 Å². The molecule has 0 unspecified atom stereocenters. The summed E-state index contributed by atoms with van der Waals surface area (Å²) in [7, 11) is 0. The van der Waals surface area contributed by atoms with Crippen molar-refractivity contribution in [2.75, 3.05) is 13.1 Å². The van der Waals surface area contributed by atoms with Crippen LogP contribution in [-0.2, 0) is 11.3 Å². The lowest BCUT2D eigenvalue weighted by Crippen LogP contribution is -2.46. The van der Waals surface area contributed by atoms with E-state index >= 15 is 0 Å². The predicted octanol–water partition coefficient (Wildman–Crippen LogP) is 4.69. The Morgan fingerprint density at radius 2 is 1.68 bits per heavy atom. The number of piperidine rings is 1. The van der Waals surface area contributed by atoms with Gasteiger partial charge in [0.1, 0.15) is 6.33 Å². The molecule has 1 aromatic heterocycles. The predicted molar refractivity (Wildman–Crippen MR) is 124 cm³/mol. The third-order valence-corrected chi connectivity index (χ3v) is 7.02. The molecule has 5 heteroatoms. The van der Waals surface area contributed by atoms with Crippen molar-refractivity contribution in [3.05, 3.63) is 60.4 Å². The summed E-state index contributed by atoms with van der Waals surface area (Å²) in [5.41, 5.74) is 4.56. The molecule has 162 valence electrons. The Hall–Kier alpha value is -2.66. The van der Waals surface area contributed by atoms with Crippen LogP contribution in [0.5, 0.6) is 0 Å². The maximum absolute atomic E-state index is 12.7. The molecule has 1 saturated heterocycles. The van der Waals surface area contributed by atoms with Crippen molar-refractivity contribution in [3.8, 4) is 5.69 Å². The minimum atomic E-state index is 0.296. The highest BCUT2D eigenvalue weighted by Crippen LogP contribution is 2.26. The molecule has 0 radical (unpaired) electrons. The normalized spacial score (nSPS) is 18.5. The molecular weight excluding hydrogens is 384 g/mol. The molecule has 5 nitrogen and oxygen atoms in total. The molecule has 1 amide bonds. The quantitative estimate of drug-likeness (QED) is 0.657. The van der Waals surface area contributed by atoms with Crippen LogP contribution in [0.15, 0.2) is 54.9 Å². The number of carbonyl (C=O) groups is 1. The van der Waals surface area contributed by atoms with Crippen LogP contribution < -0.4 is 5.32 Å². The van der Waals surface area contributed by atoms with Gasteiger partial charge in [0.15, 0.2) is 0 Å². The van der Waals surface area contributed by atoms with Gasteiger partial charge in [-0.15, -0.1) is 0 Å². The second-order valence-electron chi connectivity index (χ2n) is 9.09. The lowest BCUT2D eigenvalue weighted by Gasteiger charge is -2.35. The molecule has 1 N–H and O–H groups in total. The smallest absolute Gasteiger partial charge is 0.225 e. The number of imidazole rings is 1. The third kappa shape index (κ3) is 4.52. The number of rotatable bonds is 5. The average molecular weight is 417 g/mol. The maximum atomic E-state index is 12.7. The van der Waals surface area contributed by atoms with Crippen LogP contribution in [-0.4, -0.2) is 39.5 Å². The van der Waals surface area contributed by atoms with E-state index in [1.807, 2.05) is 24.5 Å². The number of hydrogen-bond donors (Lipinski definition) is 1. The van der Waals surface area contributed by atoms with Crippen molar-refractivity contribution in [3.63, 3.8) is 0 Å². The number of nitrogens with zero attached hydrogens (tertiary/aromatic N) is 3. The van der Waals surface area contributed by atoms with E-state index in [2.05, 4.69) is 50.1 Å². The molecule has 2 heterocycles. The summed E-state index contributed by atoms with van der Waals surface area (Å²) in [4.78, 5) is 19.4. The first-order valence-electron chi connectivity index (χ1n) is 11.8. The van der Waals surface area contributed by atoms with E-state index in [1.165, 1.54) is 24.8 Å². The fraction of sp³-hybridized carbons (Fsp3) is 0.462. The summed E-state index contributed by atoms with van der Waals surface area (Å²) in [6.45, 7) is 2.67. The Kier molecular flexibility index (Phi) is 6.03. The molecule has 0 spiro atoms. The summed E-state index contributed by atoms with van der Waals surface area (Å²) in [6, 6.07) is 17.4. The summed E-state index contributed by atoms with van der Waals surface area (Å²) < 4.78 is 2.13. The lowest BCUT2D eigenvalue weighted by molar-refractivity contribution is -0.137. The second-order valence-corrected chi connectivity index (χ2v) is 9.09. The summed E-state index contributed by atoms with van der Waals surface area (Å²) >= 11 is 0. The highest BCUT2D eigenvalue weighted by atomic mass is 16.2. The van der Waals surface area contributed by atoms with Crippen LogP contribution in [0.2, 0.25) is 0 Å². The Bertz CT molecular complexity index is 1010. The fourth-order valence-electron chi connectivity index (χ4n) is 5.11. The largest absolute Gasteiger partial charge is 0.342 e. The summed E-state index contributed by atoms with van der Waals surface area (Å²) in [5.74, 6) is 0.713. The van der Waals surface area contributed by atoms with Crippen LogP contribution in [0.3, 0.4) is 0 Å². The number of likely N-dealkylation sites (tertiary alicyclic amines) is 1. The van der Waals surface area contributed by atoms with Crippen molar-refractivity contribution in [2.24, 2.45) is 5.92 Å². The van der Waals surface area contributed by atoms with Gasteiger partial charge >= 0.3 is 0 Å². The molecule has 5 rings (SSSR count). The molecular formula is C26H32N4O. The Balaban J connectivity index is 1.12. The zero-order valence-electron chi connectivity index (χ0n) is 18.2. The number of fused-ring (bicyclic) bond motifs is 1. The van der Waals surface area contributed by atoms with Gasteiger partial charge < -0.3 is 10.2 Å². The number of carbonyl (C=O) groups excluding carboxylic acids is 1. The minimum absolute atomic E-state index is 0.296. The molecule has 2 fully saturated rings. The molecule has 0 atom stereocenters. The van der Waals surface area contributed by atoms with Crippen LogP contribution in [0.1, 0.15) is 50.5 Å². The van der Waals surface area contributed by atoms with Gasteiger partial charge in [-0.3, -0.25) is 9.36 Å². The number of nitrogens with one attached hydrogen (secondary N) is 1. The van der Waals surface area contributed by atoms with Crippen molar-refractivity contribution < 1.29 is 4.79 Å². The van der Waals surface area contributed by atoms with Crippen molar-refractivity contribution in [1.29, 1.82) is 0 Å². The number of para-hydroxylation sites is 2. The molecule has 1 aliphatic heterocycles.